The van der Waals surface area contributed by atoms with Gasteiger partial charge in [0.2, 0.25) is 0 Å². The van der Waals surface area contributed by atoms with E-state index >= 15 is 0 Å². The van der Waals surface area contributed by atoms with Crippen LogP contribution >= 0.6 is 0 Å². The van der Waals surface area contributed by atoms with Crippen LogP contribution in [0.15, 0.2) is 28.8 Å². The Labute approximate surface area is 132 Å². The predicted molar refractivity (Wildman–Crippen MR) is 82.3 cm³/mol. The first kappa shape index (κ1) is 15.1. The molecule has 2 aromatic heterocycles. The van der Waals surface area contributed by atoms with Gasteiger partial charge in [0.25, 0.3) is 5.89 Å². The van der Waals surface area contributed by atoms with Crippen molar-refractivity contribution in [1.82, 2.24) is 15.1 Å². The highest BCUT2D eigenvalue weighted by atomic mass is 16.6. The monoisotopic (exact) mass is 315 g/mol. The third kappa shape index (κ3) is 3.33. The van der Waals surface area contributed by atoms with Crippen molar-refractivity contribution in [3.8, 4) is 5.75 Å². The van der Waals surface area contributed by atoms with Crippen molar-refractivity contribution in [3.05, 3.63) is 41.7 Å². The lowest BCUT2D eigenvalue weighted by Crippen LogP contribution is -2.05. The Morgan fingerprint density at radius 2 is 2.22 bits per heavy atom. The lowest BCUT2D eigenvalue weighted by Gasteiger charge is -1.99. The van der Waals surface area contributed by atoms with Crippen LogP contribution in [0, 0.1) is 0 Å². The van der Waals surface area contributed by atoms with Crippen LogP contribution in [-0.4, -0.2) is 28.2 Å². The number of esters is 1. The number of rotatable bonds is 6. The number of aryl methyl sites for hydroxylation is 1. The van der Waals surface area contributed by atoms with Crippen molar-refractivity contribution >= 4 is 16.9 Å². The highest BCUT2D eigenvalue weighted by Crippen LogP contribution is 2.21. The second-order valence-electron chi connectivity index (χ2n) is 5.07. The normalized spacial score (nSPS) is 10.9. The molecule has 3 rings (SSSR count). The quantitative estimate of drug-likeness (QED) is 0.703. The van der Waals surface area contributed by atoms with Gasteiger partial charge in [0, 0.05) is 23.4 Å². The Balaban J connectivity index is 1.67. The van der Waals surface area contributed by atoms with Crippen LogP contribution in [0.25, 0.3) is 10.9 Å². The van der Waals surface area contributed by atoms with E-state index in [2.05, 4.69) is 15.1 Å². The maximum absolute atomic E-state index is 12.1. The first-order valence-electron chi connectivity index (χ1n) is 7.35. The number of aromatic nitrogens is 3. The molecule has 3 aromatic rings. The van der Waals surface area contributed by atoms with Crippen LogP contribution in [0.1, 0.15) is 35.5 Å². The van der Waals surface area contributed by atoms with Gasteiger partial charge in [0.15, 0.2) is 12.4 Å². The van der Waals surface area contributed by atoms with Crippen LogP contribution in [0.5, 0.6) is 5.75 Å². The number of hydrogen-bond donors (Lipinski definition) is 1. The zero-order valence-corrected chi connectivity index (χ0v) is 13.0. The molecule has 7 heteroatoms. The minimum absolute atomic E-state index is 0.0474. The Morgan fingerprint density at radius 1 is 1.35 bits per heavy atom. The Kier molecular flexibility index (Phi) is 4.27. The van der Waals surface area contributed by atoms with Gasteiger partial charge in [-0.3, -0.25) is 0 Å². The number of H-pyrrole nitrogens is 1. The van der Waals surface area contributed by atoms with Gasteiger partial charge < -0.3 is 19.0 Å². The molecule has 2 heterocycles. The summed E-state index contributed by atoms with van der Waals surface area (Å²) >= 11 is 0. The molecule has 0 aliphatic rings. The van der Waals surface area contributed by atoms with E-state index in [9.17, 15) is 4.79 Å². The highest BCUT2D eigenvalue weighted by Gasteiger charge is 2.14. The van der Waals surface area contributed by atoms with Gasteiger partial charge in [-0.25, -0.2) is 4.79 Å². The molecule has 120 valence electrons. The van der Waals surface area contributed by atoms with Crippen LogP contribution < -0.4 is 4.74 Å². The Hall–Kier alpha value is -2.83. The number of fused-ring (bicyclic) bond motifs is 1. The fraction of sp³-hybridized carbons (Fsp3) is 0.312. The van der Waals surface area contributed by atoms with Gasteiger partial charge in [-0.05, 0) is 24.6 Å². The van der Waals surface area contributed by atoms with Crippen LogP contribution in [0.2, 0.25) is 0 Å². The van der Waals surface area contributed by atoms with E-state index in [1.807, 2.05) is 25.1 Å². The summed E-state index contributed by atoms with van der Waals surface area (Å²) in [5, 5.41) is 4.71. The highest BCUT2D eigenvalue weighted by molar-refractivity contribution is 5.95. The van der Waals surface area contributed by atoms with Crippen molar-refractivity contribution in [2.24, 2.45) is 0 Å². The van der Waals surface area contributed by atoms with E-state index in [-0.39, 0.29) is 6.61 Å². The summed E-state index contributed by atoms with van der Waals surface area (Å²) < 4.78 is 15.4. The molecule has 0 fully saturated rings. The molecule has 0 atom stereocenters. The topological polar surface area (TPSA) is 90.2 Å². The smallest absolute Gasteiger partial charge is 0.355 e. The number of benzene rings is 1. The van der Waals surface area contributed by atoms with Gasteiger partial charge in [-0.1, -0.05) is 12.1 Å². The van der Waals surface area contributed by atoms with Crippen LogP contribution in [0.4, 0.5) is 0 Å². The summed E-state index contributed by atoms with van der Waals surface area (Å²) in [5.41, 5.74) is 1.17. The predicted octanol–water partition coefficient (Wildman–Crippen LogP) is 2.87. The molecular weight excluding hydrogens is 298 g/mol. The molecule has 23 heavy (non-hydrogen) atoms. The molecule has 0 radical (unpaired) electrons. The molecule has 0 unspecified atom stereocenters. The molecule has 0 aliphatic carbocycles. The van der Waals surface area contributed by atoms with E-state index in [1.54, 1.807) is 13.2 Å². The van der Waals surface area contributed by atoms with Crippen molar-refractivity contribution in [2.75, 3.05) is 7.11 Å². The summed E-state index contributed by atoms with van der Waals surface area (Å²) in [6, 6.07) is 7.25. The molecule has 0 aliphatic heterocycles. The second kappa shape index (κ2) is 6.51. The standard InChI is InChI=1S/C16H17N3O4/c1-3-4-14-18-15(23-19-14)9-22-16(20)13-7-10-5-6-11(21-2)8-12(10)17-13/h5-8,17H,3-4,9H2,1-2H3. The number of ether oxygens (including phenoxy) is 2. The molecule has 7 nitrogen and oxygen atoms in total. The number of carbonyl (C=O) groups excluding carboxylic acids is 1. The largest absolute Gasteiger partial charge is 0.497 e. The first-order valence-corrected chi connectivity index (χ1v) is 7.35. The fourth-order valence-electron chi connectivity index (χ4n) is 2.22. The third-order valence-corrected chi connectivity index (χ3v) is 3.36. The third-order valence-electron chi connectivity index (χ3n) is 3.36. The average molecular weight is 315 g/mol. The lowest BCUT2D eigenvalue weighted by atomic mass is 10.2. The average Bonchev–Trinajstić information content (AvgIpc) is 3.18. The summed E-state index contributed by atoms with van der Waals surface area (Å²) in [5.74, 6) is 1.15. The Bertz CT molecular complexity index is 822. The first-order chi connectivity index (χ1) is 11.2. The zero-order chi connectivity index (χ0) is 16.2. The van der Waals surface area contributed by atoms with E-state index in [0.717, 1.165) is 23.7 Å². The number of nitrogens with zero attached hydrogens (tertiary/aromatic N) is 2. The maximum Gasteiger partial charge on any atom is 0.355 e. The Morgan fingerprint density at radius 3 is 3.00 bits per heavy atom. The van der Waals surface area contributed by atoms with Gasteiger partial charge in [-0.2, -0.15) is 4.98 Å². The molecule has 0 amide bonds. The summed E-state index contributed by atoms with van der Waals surface area (Å²) in [6.07, 6.45) is 1.67. The summed E-state index contributed by atoms with van der Waals surface area (Å²) in [6.45, 7) is 1.98. The van der Waals surface area contributed by atoms with E-state index < -0.39 is 5.97 Å². The van der Waals surface area contributed by atoms with Crippen molar-refractivity contribution in [2.45, 2.75) is 26.4 Å². The number of carbonyl (C=O) groups is 1. The number of aromatic amines is 1. The minimum Gasteiger partial charge on any atom is -0.497 e. The lowest BCUT2D eigenvalue weighted by molar-refractivity contribution is 0.0424. The van der Waals surface area contributed by atoms with Crippen LogP contribution in [-0.2, 0) is 17.8 Å². The van der Waals surface area contributed by atoms with Crippen molar-refractivity contribution in [3.63, 3.8) is 0 Å². The SMILES string of the molecule is CCCc1noc(COC(=O)c2cc3ccc(OC)cc3[nH]2)n1. The van der Waals surface area contributed by atoms with E-state index in [0.29, 0.717) is 23.2 Å². The molecule has 1 aromatic carbocycles. The maximum atomic E-state index is 12.1. The summed E-state index contributed by atoms with van der Waals surface area (Å²) in [4.78, 5) is 19.3. The molecule has 1 N–H and O–H groups in total. The number of methoxy groups -OCH3 is 1. The molecule has 0 saturated carbocycles. The number of hydrogen-bond acceptors (Lipinski definition) is 6. The molecule has 0 bridgehead atoms. The zero-order valence-electron chi connectivity index (χ0n) is 13.0. The second-order valence-corrected chi connectivity index (χ2v) is 5.07. The molecule has 0 saturated heterocycles. The van der Waals surface area contributed by atoms with Gasteiger partial charge in [0.1, 0.15) is 11.4 Å². The molecular formula is C16H17N3O4. The van der Waals surface area contributed by atoms with E-state index in [1.165, 1.54) is 0 Å². The van der Waals surface area contributed by atoms with Crippen molar-refractivity contribution in [1.29, 1.82) is 0 Å². The van der Waals surface area contributed by atoms with Gasteiger partial charge in [0.05, 0.1) is 7.11 Å². The van der Waals surface area contributed by atoms with E-state index in [4.69, 9.17) is 14.0 Å². The minimum atomic E-state index is -0.476. The summed E-state index contributed by atoms with van der Waals surface area (Å²) in [7, 11) is 1.59. The van der Waals surface area contributed by atoms with Gasteiger partial charge >= 0.3 is 5.97 Å². The number of nitrogens with one attached hydrogen (secondary N) is 1. The van der Waals surface area contributed by atoms with Crippen LogP contribution in [0.3, 0.4) is 0 Å². The van der Waals surface area contributed by atoms with Crippen molar-refractivity contribution < 1.29 is 18.8 Å². The molecule has 0 spiro atoms. The fourth-order valence-corrected chi connectivity index (χ4v) is 2.22. The van der Waals surface area contributed by atoms with Gasteiger partial charge in [-0.15, -0.1) is 0 Å².